The zero-order valence-electron chi connectivity index (χ0n) is 30.2. The van der Waals surface area contributed by atoms with E-state index in [9.17, 15) is 28.3 Å². The van der Waals surface area contributed by atoms with Gasteiger partial charge in [0.25, 0.3) is 0 Å². The predicted molar refractivity (Wildman–Crippen MR) is 194 cm³/mol. The van der Waals surface area contributed by atoms with Crippen LogP contribution in [0.4, 0.5) is 8.78 Å². The van der Waals surface area contributed by atoms with Gasteiger partial charge in [0.1, 0.15) is 29.0 Å². The smallest absolute Gasteiger partial charge is 0.141 e. The molecular weight excluding hydrogens is 687 g/mol. The Balaban J connectivity index is 0.000000126. The van der Waals surface area contributed by atoms with E-state index in [-0.39, 0.29) is 82.3 Å². The number of nitrogens with zero attached hydrogens (tertiary/aromatic N) is 4. The summed E-state index contributed by atoms with van der Waals surface area (Å²) in [6, 6.07) is 9.57. The van der Waals surface area contributed by atoms with Crippen LogP contribution in [0.3, 0.4) is 0 Å². The molecule has 0 saturated heterocycles. The Hall–Kier alpha value is -4.31. The van der Waals surface area contributed by atoms with Gasteiger partial charge in [-0.15, -0.1) is 0 Å². The fraction of sp³-hybridized carbons (Fsp3) is 0.523. The molecule has 8 bridgehead atoms. The zero-order valence-corrected chi connectivity index (χ0v) is 30.2. The summed E-state index contributed by atoms with van der Waals surface area (Å²) >= 11 is 0. The van der Waals surface area contributed by atoms with Crippen molar-refractivity contribution in [2.24, 2.45) is 46.3 Å². The van der Waals surface area contributed by atoms with Crippen LogP contribution in [-0.2, 0) is 14.4 Å². The minimum atomic E-state index is -0.362. The number of imidazole rings is 2. The van der Waals surface area contributed by atoms with Crippen LogP contribution in [0.25, 0.3) is 22.5 Å². The summed E-state index contributed by atoms with van der Waals surface area (Å²) in [5.74, 6) is 2.17. The summed E-state index contributed by atoms with van der Waals surface area (Å²) in [6.45, 7) is 0. The zero-order chi connectivity index (χ0) is 36.7. The standard InChI is InChI=1S/C22H23FN2O2.C22H21FN2O2/c2*23-16-3-1-2-15-18-10-24-11-25(18)17(20(15)16)6-19(26)22-7-12-4-13(8-22)21(27)14(5-12)9-22/h1-3,10-14,17,21,27H,4-9H2;1-3,10-14,17H,4-9H2. The van der Waals surface area contributed by atoms with Gasteiger partial charge in [-0.3, -0.25) is 14.4 Å². The molecule has 6 atom stereocenters. The van der Waals surface area contributed by atoms with Gasteiger partial charge in [-0.2, -0.15) is 0 Å². The molecular formula is C44H44F2N4O4. The van der Waals surface area contributed by atoms with E-state index in [1.165, 1.54) is 12.1 Å². The van der Waals surface area contributed by atoms with Crippen molar-refractivity contribution in [3.05, 3.63) is 84.2 Å². The van der Waals surface area contributed by atoms with E-state index >= 15 is 0 Å². The second kappa shape index (κ2) is 11.6. The highest BCUT2D eigenvalue weighted by atomic mass is 19.1. The highest BCUT2D eigenvalue weighted by Gasteiger charge is 2.59. The molecule has 2 aromatic heterocycles. The normalized spacial score (nSPS) is 36.7. The van der Waals surface area contributed by atoms with Crippen molar-refractivity contribution < 1.29 is 28.3 Å². The van der Waals surface area contributed by atoms with E-state index in [4.69, 9.17) is 0 Å². The number of aromatic nitrogens is 4. The monoisotopic (exact) mass is 730 g/mol. The molecule has 0 spiro atoms. The number of carbonyl (C=O) groups is 3. The SMILES string of the molecule is O=C(CC1c2c(F)cccc2-c2cncn21)C12CC3CC(C1)C(O)C(C3)C2.O=C1C2CC3CC1CC(C(=O)CC1c4c(F)cccc4-c4cncn41)(C3)C2. The molecule has 278 valence electrons. The van der Waals surface area contributed by atoms with E-state index < -0.39 is 0 Å². The van der Waals surface area contributed by atoms with Crippen molar-refractivity contribution in [1.82, 2.24) is 19.1 Å². The summed E-state index contributed by atoms with van der Waals surface area (Å²) in [5, 5.41) is 10.5. The van der Waals surface area contributed by atoms with E-state index in [1.807, 2.05) is 21.3 Å². The number of Topliss-reactive ketones (excluding diaryl/α,β-unsaturated/α-hetero) is 3. The molecule has 4 heterocycles. The third kappa shape index (κ3) is 4.64. The third-order valence-electron chi connectivity index (χ3n) is 15.5. The van der Waals surface area contributed by atoms with Gasteiger partial charge in [0.15, 0.2) is 0 Å². The number of carbonyl (C=O) groups excluding carboxylic acids is 3. The Labute approximate surface area is 312 Å². The predicted octanol–water partition coefficient (Wildman–Crippen LogP) is 7.69. The van der Waals surface area contributed by atoms with Crippen LogP contribution in [0.5, 0.6) is 0 Å². The van der Waals surface area contributed by atoms with Crippen molar-refractivity contribution >= 4 is 17.3 Å². The second-order valence-corrected chi connectivity index (χ2v) is 18.3. The molecule has 54 heavy (non-hydrogen) atoms. The van der Waals surface area contributed by atoms with Gasteiger partial charge in [-0.25, -0.2) is 18.7 Å². The van der Waals surface area contributed by atoms with Crippen molar-refractivity contribution in [3.8, 4) is 22.5 Å². The Morgan fingerprint density at radius 2 is 1.15 bits per heavy atom. The molecule has 1 N–H and O–H groups in total. The lowest BCUT2D eigenvalue weighted by molar-refractivity contribution is -0.161. The molecule has 10 heteroatoms. The molecule has 4 aromatic rings. The lowest BCUT2D eigenvalue weighted by Gasteiger charge is -2.58. The van der Waals surface area contributed by atoms with E-state index in [0.29, 0.717) is 48.0 Å². The van der Waals surface area contributed by atoms with Crippen LogP contribution in [0.2, 0.25) is 0 Å². The maximum atomic E-state index is 14.7. The number of halogens is 2. The van der Waals surface area contributed by atoms with Gasteiger partial charge >= 0.3 is 0 Å². The summed E-state index contributed by atoms with van der Waals surface area (Å²) in [5.41, 5.74) is 4.05. The topological polar surface area (TPSA) is 107 Å². The van der Waals surface area contributed by atoms with Crippen molar-refractivity contribution in [1.29, 1.82) is 0 Å². The van der Waals surface area contributed by atoms with Gasteiger partial charge in [0.2, 0.25) is 0 Å². The highest BCUT2D eigenvalue weighted by molar-refractivity contribution is 5.93. The van der Waals surface area contributed by atoms with Gasteiger partial charge in [0, 0.05) is 57.8 Å². The van der Waals surface area contributed by atoms with E-state index in [0.717, 1.165) is 73.9 Å². The lowest BCUT2D eigenvalue weighted by Crippen LogP contribution is -2.56. The second-order valence-electron chi connectivity index (χ2n) is 18.3. The Kier molecular flexibility index (Phi) is 7.10. The fourth-order valence-corrected chi connectivity index (χ4v) is 13.6. The van der Waals surface area contributed by atoms with Crippen LogP contribution in [-0.4, -0.2) is 47.7 Å². The number of aliphatic hydroxyl groups is 1. The van der Waals surface area contributed by atoms with Gasteiger partial charge in [-0.1, -0.05) is 24.3 Å². The first-order valence-corrected chi connectivity index (χ1v) is 20.0. The van der Waals surface area contributed by atoms with Gasteiger partial charge in [-0.05, 0) is 100 Å². The molecule has 8 nitrogen and oxygen atoms in total. The first-order chi connectivity index (χ1) is 26.1. The Bertz CT molecular complexity index is 2220. The van der Waals surface area contributed by atoms with Crippen LogP contribution in [0.1, 0.15) is 100 Å². The molecule has 8 fully saturated rings. The van der Waals surface area contributed by atoms with Gasteiger partial charge < -0.3 is 14.2 Å². The number of hydrogen-bond acceptors (Lipinski definition) is 6. The molecule has 8 aliphatic carbocycles. The van der Waals surface area contributed by atoms with Crippen molar-refractivity contribution in [3.63, 3.8) is 0 Å². The maximum Gasteiger partial charge on any atom is 0.141 e. The number of ketones is 3. The quantitative estimate of drug-likeness (QED) is 0.218. The number of aliphatic hydroxyl groups excluding tert-OH is 1. The van der Waals surface area contributed by atoms with Gasteiger partial charge in [0.05, 0.1) is 54.6 Å². The molecule has 0 amide bonds. The molecule has 2 aliphatic heterocycles. The maximum absolute atomic E-state index is 14.7. The lowest BCUT2D eigenvalue weighted by atomic mass is 9.47. The van der Waals surface area contributed by atoms with Crippen LogP contribution >= 0.6 is 0 Å². The number of rotatable bonds is 6. The average molecular weight is 731 g/mol. The molecule has 2 aromatic carbocycles. The van der Waals surface area contributed by atoms with Crippen molar-refractivity contribution in [2.45, 2.75) is 95.2 Å². The first kappa shape index (κ1) is 33.1. The molecule has 8 saturated carbocycles. The minimum absolute atomic E-state index is 0.0802. The van der Waals surface area contributed by atoms with Crippen LogP contribution in [0, 0.1) is 58.0 Å². The fourth-order valence-electron chi connectivity index (χ4n) is 13.6. The molecule has 0 radical (unpaired) electrons. The third-order valence-corrected chi connectivity index (χ3v) is 15.5. The largest absolute Gasteiger partial charge is 0.393 e. The van der Waals surface area contributed by atoms with Crippen molar-refractivity contribution in [2.75, 3.05) is 0 Å². The number of hydrogen-bond donors (Lipinski definition) is 1. The highest BCUT2D eigenvalue weighted by Crippen LogP contribution is 2.62. The van der Waals surface area contributed by atoms with E-state index in [1.54, 1.807) is 37.2 Å². The summed E-state index contributed by atoms with van der Waals surface area (Å²) < 4.78 is 33.2. The molecule has 10 aliphatic rings. The first-order valence-electron chi connectivity index (χ1n) is 20.0. The minimum Gasteiger partial charge on any atom is -0.393 e. The number of benzene rings is 2. The summed E-state index contributed by atoms with van der Waals surface area (Å²) in [4.78, 5) is 48.0. The molecule has 14 rings (SSSR count). The number of fused-ring (bicyclic) bond motifs is 6. The average Bonchev–Trinajstić information content (AvgIpc) is 3.94. The summed E-state index contributed by atoms with van der Waals surface area (Å²) in [6.07, 6.45) is 16.3. The Morgan fingerprint density at radius 1 is 0.685 bits per heavy atom. The summed E-state index contributed by atoms with van der Waals surface area (Å²) in [7, 11) is 0. The van der Waals surface area contributed by atoms with E-state index in [2.05, 4.69) is 9.97 Å². The Morgan fingerprint density at radius 3 is 1.65 bits per heavy atom. The van der Waals surface area contributed by atoms with Crippen LogP contribution in [0.15, 0.2) is 61.4 Å². The van der Waals surface area contributed by atoms with Crippen LogP contribution < -0.4 is 0 Å². The molecule has 6 unspecified atom stereocenters.